The summed E-state index contributed by atoms with van der Waals surface area (Å²) in [6.07, 6.45) is 4.90. The zero-order valence-electron chi connectivity index (χ0n) is 7.77. The van der Waals surface area contributed by atoms with Crippen molar-refractivity contribution in [1.29, 1.82) is 0 Å². The van der Waals surface area contributed by atoms with Crippen LogP contribution < -0.4 is 0 Å². The van der Waals surface area contributed by atoms with Gasteiger partial charge in [-0.1, -0.05) is 6.92 Å². The van der Waals surface area contributed by atoms with E-state index in [2.05, 4.69) is 5.10 Å². The highest BCUT2D eigenvalue weighted by Crippen LogP contribution is 2.07. The molecule has 4 nitrogen and oxygen atoms in total. The molecule has 1 N–H and O–H groups in total. The van der Waals surface area contributed by atoms with Gasteiger partial charge in [-0.05, 0) is 12.5 Å². The van der Waals surface area contributed by atoms with Crippen LogP contribution in [-0.2, 0) is 11.3 Å². The van der Waals surface area contributed by atoms with Crippen molar-refractivity contribution in [2.45, 2.75) is 19.9 Å². The predicted molar refractivity (Wildman–Crippen MR) is 49.2 cm³/mol. The molecule has 0 radical (unpaired) electrons. The number of aromatic nitrogens is 2. The topological polar surface area (TPSA) is 55.1 Å². The number of nitrogens with zero attached hydrogens (tertiary/aromatic N) is 2. The molecule has 14 heavy (non-hydrogen) atoms. The normalized spacial score (nSPS) is 11.7. The molecule has 0 spiro atoms. The predicted octanol–water partition coefficient (Wildman–Crippen LogP) is 1.69. The van der Waals surface area contributed by atoms with Gasteiger partial charge in [0.1, 0.15) is 0 Å². The molecule has 1 rings (SSSR count). The van der Waals surface area contributed by atoms with Crippen molar-refractivity contribution in [2.75, 3.05) is 0 Å². The first-order chi connectivity index (χ1) is 6.63. The number of aryl methyl sites for hydroxylation is 1. The van der Waals surface area contributed by atoms with Gasteiger partial charge >= 0.3 is 5.97 Å². The fourth-order valence-electron chi connectivity index (χ4n) is 1.01. The molecular weight excluding hydrogens is 187 g/mol. The first kappa shape index (κ1) is 10.4. The summed E-state index contributed by atoms with van der Waals surface area (Å²) in [6.45, 7) is 2.73. The van der Waals surface area contributed by atoms with Gasteiger partial charge in [-0.2, -0.15) is 9.49 Å². The molecule has 0 bridgehead atoms. The van der Waals surface area contributed by atoms with Gasteiger partial charge < -0.3 is 5.11 Å². The number of carbonyl (C=O) groups is 1. The van der Waals surface area contributed by atoms with Crippen LogP contribution in [0.4, 0.5) is 4.39 Å². The molecule has 1 aromatic heterocycles. The minimum atomic E-state index is -1.56. The standard InChI is InChI=1S/C9H11FN2O2/c1-2-3-12-6-7(5-11-12)4-8(10)9(13)14/h4-6H,2-3H2,1H3,(H,13,14)/b8-4+. The highest BCUT2D eigenvalue weighted by Gasteiger charge is 2.05. The summed E-state index contributed by atoms with van der Waals surface area (Å²) in [5.41, 5.74) is 0.457. The summed E-state index contributed by atoms with van der Waals surface area (Å²) in [4.78, 5) is 10.2. The Bertz CT molecular complexity index is 357. The van der Waals surface area contributed by atoms with Gasteiger partial charge in [0.2, 0.25) is 5.83 Å². The number of carboxylic acid groups (broad SMARTS) is 1. The van der Waals surface area contributed by atoms with Crippen LogP contribution in [0.2, 0.25) is 0 Å². The Balaban J connectivity index is 2.77. The Labute approximate surface area is 80.7 Å². The van der Waals surface area contributed by atoms with Crippen LogP contribution in [0.5, 0.6) is 0 Å². The number of aliphatic carboxylic acids is 1. The molecule has 0 saturated heterocycles. The molecule has 0 atom stereocenters. The van der Waals surface area contributed by atoms with Crippen LogP contribution in [0, 0.1) is 0 Å². The van der Waals surface area contributed by atoms with Gasteiger partial charge in [0.15, 0.2) is 0 Å². The number of hydrogen-bond donors (Lipinski definition) is 1. The van der Waals surface area contributed by atoms with E-state index in [-0.39, 0.29) is 0 Å². The monoisotopic (exact) mass is 198 g/mol. The largest absolute Gasteiger partial charge is 0.476 e. The molecule has 0 saturated carbocycles. The van der Waals surface area contributed by atoms with Gasteiger partial charge in [-0.3, -0.25) is 4.68 Å². The average Bonchev–Trinajstić information content (AvgIpc) is 2.53. The molecule has 0 aliphatic rings. The van der Waals surface area contributed by atoms with E-state index < -0.39 is 11.8 Å². The molecule has 1 heterocycles. The Hall–Kier alpha value is -1.65. The summed E-state index contributed by atoms with van der Waals surface area (Å²) >= 11 is 0. The van der Waals surface area contributed by atoms with Crippen LogP contribution in [0.25, 0.3) is 6.08 Å². The van der Waals surface area contributed by atoms with Crippen molar-refractivity contribution in [3.8, 4) is 0 Å². The second-order valence-electron chi connectivity index (χ2n) is 2.83. The smallest absolute Gasteiger partial charge is 0.364 e. The third-order valence-corrected chi connectivity index (χ3v) is 1.60. The molecular formula is C9H11FN2O2. The second kappa shape index (κ2) is 4.55. The summed E-state index contributed by atoms with van der Waals surface area (Å²) in [7, 11) is 0. The lowest BCUT2D eigenvalue weighted by Crippen LogP contribution is -1.95. The summed E-state index contributed by atoms with van der Waals surface area (Å²) in [5, 5.41) is 12.2. The molecule has 0 amide bonds. The van der Waals surface area contributed by atoms with E-state index in [0.717, 1.165) is 19.0 Å². The lowest BCUT2D eigenvalue weighted by atomic mass is 10.3. The maximum absolute atomic E-state index is 12.6. The quantitative estimate of drug-likeness (QED) is 0.749. The zero-order chi connectivity index (χ0) is 10.6. The van der Waals surface area contributed by atoms with Crippen LogP contribution in [-0.4, -0.2) is 20.9 Å². The van der Waals surface area contributed by atoms with E-state index in [1.807, 2.05) is 6.92 Å². The van der Waals surface area contributed by atoms with Crippen LogP contribution in [0.3, 0.4) is 0 Å². The Morgan fingerprint density at radius 3 is 3.07 bits per heavy atom. The van der Waals surface area contributed by atoms with Crippen molar-refractivity contribution in [2.24, 2.45) is 0 Å². The van der Waals surface area contributed by atoms with E-state index in [0.29, 0.717) is 5.56 Å². The maximum Gasteiger partial charge on any atom is 0.364 e. The minimum Gasteiger partial charge on any atom is -0.476 e. The van der Waals surface area contributed by atoms with Crippen molar-refractivity contribution >= 4 is 12.0 Å². The molecule has 0 aliphatic heterocycles. The Morgan fingerprint density at radius 1 is 1.79 bits per heavy atom. The fourth-order valence-corrected chi connectivity index (χ4v) is 1.01. The molecule has 0 fully saturated rings. The van der Waals surface area contributed by atoms with Crippen molar-refractivity contribution in [1.82, 2.24) is 9.78 Å². The van der Waals surface area contributed by atoms with Gasteiger partial charge in [0, 0.05) is 18.3 Å². The van der Waals surface area contributed by atoms with Crippen LogP contribution in [0.15, 0.2) is 18.2 Å². The summed E-state index contributed by atoms with van der Waals surface area (Å²) in [5.74, 6) is -2.74. The highest BCUT2D eigenvalue weighted by atomic mass is 19.1. The lowest BCUT2D eigenvalue weighted by Gasteiger charge is -1.93. The lowest BCUT2D eigenvalue weighted by molar-refractivity contribution is -0.134. The number of carboxylic acids is 1. The third kappa shape index (κ3) is 2.69. The average molecular weight is 198 g/mol. The van der Waals surface area contributed by atoms with E-state index in [1.165, 1.54) is 6.20 Å². The maximum atomic E-state index is 12.6. The van der Waals surface area contributed by atoms with Crippen molar-refractivity contribution in [3.05, 3.63) is 23.8 Å². The van der Waals surface area contributed by atoms with E-state index in [1.54, 1.807) is 10.9 Å². The molecule has 0 aliphatic carbocycles. The fraction of sp³-hybridized carbons (Fsp3) is 0.333. The van der Waals surface area contributed by atoms with E-state index in [4.69, 9.17) is 5.11 Å². The van der Waals surface area contributed by atoms with Gasteiger partial charge in [0.25, 0.3) is 0 Å². The van der Waals surface area contributed by atoms with E-state index in [9.17, 15) is 9.18 Å². The first-order valence-corrected chi connectivity index (χ1v) is 4.26. The molecule has 0 unspecified atom stereocenters. The second-order valence-corrected chi connectivity index (χ2v) is 2.83. The Kier molecular flexibility index (Phi) is 3.39. The minimum absolute atomic E-state index is 0.457. The molecule has 0 aromatic carbocycles. The SMILES string of the molecule is CCCn1cc(/C=C(/F)C(=O)O)cn1. The molecule has 5 heteroatoms. The number of hydrogen-bond acceptors (Lipinski definition) is 2. The van der Waals surface area contributed by atoms with Crippen molar-refractivity contribution in [3.63, 3.8) is 0 Å². The number of halogens is 1. The van der Waals surface area contributed by atoms with Gasteiger partial charge in [0.05, 0.1) is 6.20 Å². The van der Waals surface area contributed by atoms with Crippen LogP contribution >= 0.6 is 0 Å². The highest BCUT2D eigenvalue weighted by molar-refractivity contribution is 5.89. The van der Waals surface area contributed by atoms with Crippen molar-refractivity contribution < 1.29 is 14.3 Å². The zero-order valence-corrected chi connectivity index (χ0v) is 7.77. The van der Waals surface area contributed by atoms with Gasteiger partial charge in [-0.25, -0.2) is 4.79 Å². The summed E-state index contributed by atoms with van der Waals surface area (Å²) < 4.78 is 14.3. The number of rotatable bonds is 4. The Morgan fingerprint density at radius 2 is 2.50 bits per heavy atom. The molecule has 1 aromatic rings. The van der Waals surface area contributed by atoms with Gasteiger partial charge in [-0.15, -0.1) is 0 Å². The van der Waals surface area contributed by atoms with E-state index >= 15 is 0 Å². The molecule has 76 valence electrons. The third-order valence-electron chi connectivity index (χ3n) is 1.60. The van der Waals surface area contributed by atoms with Crippen LogP contribution in [0.1, 0.15) is 18.9 Å². The first-order valence-electron chi connectivity index (χ1n) is 4.26. The summed E-state index contributed by atoms with van der Waals surface area (Å²) in [6, 6.07) is 0.